The maximum absolute atomic E-state index is 14.3. The largest absolute Gasteiger partial charge is 0.476 e. The van der Waals surface area contributed by atoms with E-state index in [0.29, 0.717) is 16.7 Å². The number of esters is 1. The van der Waals surface area contributed by atoms with Gasteiger partial charge in [0.05, 0.1) is 18.2 Å². The van der Waals surface area contributed by atoms with E-state index in [0.717, 1.165) is 4.90 Å². The van der Waals surface area contributed by atoms with Crippen LogP contribution in [0.4, 0.5) is 26.3 Å². The first kappa shape index (κ1) is 28.0. The van der Waals surface area contributed by atoms with Crippen LogP contribution in [0.25, 0.3) is 0 Å². The van der Waals surface area contributed by atoms with Gasteiger partial charge in [-0.1, -0.05) is 0 Å². The first-order chi connectivity index (χ1) is 17.0. The minimum absolute atomic E-state index is 0.259. The molecule has 2 aromatic rings. The van der Waals surface area contributed by atoms with Crippen molar-refractivity contribution in [2.24, 2.45) is 5.92 Å². The summed E-state index contributed by atoms with van der Waals surface area (Å²) in [5, 5.41) is 9.30. The number of hydrogen-bond donors (Lipinski definition) is 1. The zero-order valence-electron chi connectivity index (χ0n) is 20.0. The van der Waals surface area contributed by atoms with Crippen molar-refractivity contribution in [1.82, 2.24) is 14.5 Å². The lowest BCUT2D eigenvalue weighted by atomic mass is 9.94. The zero-order valence-corrected chi connectivity index (χ0v) is 20.0. The Kier molecular flexibility index (Phi) is 7.61. The lowest BCUT2D eigenvalue weighted by molar-refractivity contribution is -0.162. The van der Waals surface area contributed by atoms with Crippen LogP contribution in [0.1, 0.15) is 54.8 Å². The Morgan fingerprint density at radius 3 is 2.24 bits per heavy atom. The van der Waals surface area contributed by atoms with E-state index in [1.807, 2.05) is 0 Å². The lowest BCUT2D eigenvalue weighted by Crippen LogP contribution is -2.41. The number of fused-ring (bicyclic) bond motifs is 1. The second-order valence-electron chi connectivity index (χ2n) is 9.50. The van der Waals surface area contributed by atoms with Crippen LogP contribution in [-0.4, -0.2) is 49.5 Å². The van der Waals surface area contributed by atoms with Gasteiger partial charge in [-0.15, -0.1) is 0 Å². The predicted molar refractivity (Wildman–Crippen MR) is 114 cm³/mol. The molecule has 3 rings (SSSR count). The monoisotopic (exact) mass is 535 g/mol. The van der Waals surface area contributed by atoms with Crippen molar-refractivity contribution in [2.45, 2.75) is 58.5 Å². The van der Waals surface area contributed by atoms with Crippen LogP contribution in [0.3, 0.4) is 0 Å². The number of rotatable bonds is 6. The van der Waals surface area contributed by atoms with Crippen molar-refractivity contribution in [1.29, 1.82) is 0 Å². The molecule has 0 radical (unpaired) electrons. The molecule has 0 spiro atoms. The number of carbonyl (C=O) groups excluding carboxylic acids is 2. The fourth-order valence-corrected chi connectivity index (χ4v) is 3.92. The third kappa shape index (κ3) is 6.41. The van der Waals surface area contributed by atoms with Gasteiger partial charge in [0.25, 0.3) is 0 Å². The molecule has 1 atom stereocenters. The quantitative estimate of drug-likeness (QED) is 0.342. The van der Waals surface area contributed by atoms with Crippen molar-refractivity contribution >= 4 is 17.8 Å². The summed E-state index contributed by atoms with van der Waals surface area (Å²) in [4.78, 5) is 41.6. The highest BCUT2D eigenvalue weighted by Crippen LogP contribution is 2.33. The van der Waals surface area contributed by atoms with Crippen LogP contribution >= 0.6 is 0 Å². The van der Waals surface area contributed by atoms with E-state index < -0.39 is 90.4 Å². The van der Waals surface area contributed by atoms with E-state index in [1.165, 1.54) is 0 Å². The third-order valence-corrected chi connectivity index (χ3v) is 5.53. The molecule has 37 heavy (non-hydrogen) atoms. The molecule has 1 N–H and O–H groups in total. The molecule has 0 aliphatic carbocycles. The molecule has 202 valence electrons. The maximum Gasteiger partial charge on any atom is 0.449 e. The molecule has 0 bridgehead atoms. The van der Waals surface area contributed by atoms with Gasteiger partial charge in [-0.3, -0.25) is 9.59 Å². The molecule has 2 heterocycles. The van der Waals surface area contributed by atoms with Gasteiger partial charge in [0, 0.05) is 25.6 Å². The molecule has 0 saturated heterocycles. The van der Waals surface area contributed by atoms with Crippen LogP contribution in [0.5, 0.6) is 0 Å². The predicted octanol–water partition coefficient (Wildman–Crippen LogP) is 3.95. The number of benzene rings is 1. The molecule has 14 heteroatoms. The molecule has 1 aliphatic rings. The molecule has 1 aromatic carbocycles. The second-order valence-corrected chi connectivity index (χ2v) is 9.50. The Labute approximate surface area is 206 Å². The summed E-state index contributed by atoms with van der Waals surface area (Å²) < 4.78 is 87.2. The van der Waals surface area contributed by atoms with Crippen LogP contribution < -0.4 is 0 Å². The number of halogens is 6. The first-order valence-electron chi connectivity index (χ1n) is 11.0. The average Bonchev–Trinajstić information content (AvgIpc) is 3.15. The summed E-state index contributed by atoms with van der Waals surface area (Å²) in [6.07, 6.45) is -6.07. The summed E-state index contributed by atoms with van der Waals surface area (Å²) in [7, 11) is 0. The van der Waals surface area contributed by atoms with Gasteiger partial charge >= 0.3 is 18.1 Å². The van der Waals surface area contributed by atoms with Crippen LogP contribution in [0, 0.1) is 23.4 Å². The fourth-order valence-electron chi connectivity index (χ4n) is 3.92. The fraction of sp³-hybridized carbons (Fsp3) is 0.478. The SMILES string of the molecule is CC(C)(C)OC(=O)[C@@H](CC(=O)N1CCn2c(C(F)(F)F)nc(C(=O)O)c2C1)Cc1cc(F)c(F)cc1F. The molecule has 1 aliphatic heterocycles. The molecule has 8 nitrogen and oxygen atoms in total. The molecule has 0 fully saturated rings. The Bertz CT molecular complexity index is 1230. The summed E-state index contributed by atoms with van der Waals surface area (Å²) in [5.41, 5.74) is -2.60. The van der Waals surface area contributed by atoms with Gasteiger partial charge in [0.15, 0.2) is 17.3 Å². The molecular weight excluding hydrogens is 512 g/mol. The van der Waals surface area contributed by atoms with Crippen LogP contribution in [0.2, 0.25) is 0 Å². The molecular formula is C23H23F6N3O5. The molecule has 0 saturated carbocycles. The number of nitrogens with zero attached hydrogens (tertiary/aromatic N) is 3. The number of aromatic carboxylic acids is 1. The summed E-state index contributed by atoms with van der Waals surface area (Å²) in [6.45, 7) is 3.41. The highest BCUT2D eigenvalue weighted by molar-refractivity contribution is 5.87. The Hall–Kier alpha value is -3.58. The van der Waals surface area contributed by atoms with E-state index in [4.69, 9.17) is 4.74 Å². The average molecular weight is 535 g/mol. The summed E-state index contributed by atoms with van der Waals surface area (Å²) in [5.74, 6) is -10.1. The van der Waals surface area contributed by atoms with Crippen molar-refractivity contribution in [3.63, 3.8) is 0 Å². The molecule has 0 unspecified atom stereocenters. The number of carboxylic acid groups (broad SMARTS) is 1. The minimum atomic E-state index is -4.93. The van der Waals surface area contributed by atoms with E-state index in [9.17, 15) is 45.8 Å². The van der Waals surface area contributed by atoms with Crippen LogP contribution in [0.15, 0.2) is 12.1 Å². The van der Waals surface area contributed by atoms with E-state index in [1.54, 1.807) is 20.8 Å². The summed E-state index contributed by atoms with van der Waals surface area (Å²) in [6, 6.07) is 0.861. The number of carboxylic acids is 1. The topological polar surface area (TPSA) is 102 Å². The highest BCUT2D eigenvalue weighted by Gasteiger charge is 2.42. The zero-order chi connectivity index (χ0) is 27.9. The van der Waals surface area contributed by atoms with Crippen molar-refractivity contribution in [2.75, 3.05) is 6.54 Å². The number of amides is 1. The minimum Gasteiger partial charge on any atom is -0.476 e. The van der Waals surface area contributed by atoms with Crippen molar-refractivity contribution in [3.05, 3.63) is 52.4 Å². The third-order valence-electron chi connectivity index (χ3n) is 5.53. The van der Waals surface area contributed by atoms with E-state index >= 15 is 0 Å². The molecule has 1 amide bonds. The van der Waals surface area contributed by atoms with Crippen molar-refractivity contribution in [3.8, 4) is 0 Å². The smallest absolute Gasteiger partial charge is 0.449 e. The first-order valence-corrected chi connectivity index (χ1v) is 11.0. The van der Waals surface area contributed by atoms with Gasteiger partial charge in [0.1, 0.15) is 11.4 Å². The van der Waals surface area contributed by atoms with E-state index in [-0.39, 0.29) is 17.8 Å². The Morgan fingerprint density at radius 2 is 1.68 bits per heavy atom. The van der Waals surface area contributed by atoms with Gasteiger partial charge < -0.3 is 19.3 Å². The number of hydrogen-bond acceptors (Lipinski definition) is 5. The van der Waals surface area contributed by atoms with Gasteiger partial charge in [-0.05, 0) is 38.8 Å². The normalized spacial score (nSPS) is 14.8. The number of ether oxygens (including phenoxy) is 1. The maximum atomic E-state index is 14.3. The number of carbonyl (C=O) groups is 3. The highest BCUT2D eigenvalue weighted by atomic mass is 19.4. The number of imidazole rings is 1. The van der Waals surface area contributed by atoms with E-state index in [2.05, 4.69) is 4.98 Å². The molecule has 1 aromatic heterocycles. The Morgan fingerprint density at radius 1 is 1.05 bits per heavy atom. The van der Waals surface area contributed by atoms with Crippen LogP contribution in [-0.2, 0) is 40.0 Å². The number of aromatic nitrogens is 2. The second kappa shape index (κ2) is 10.1. The number of alkyl halides is 3. The van der Waals surface area contributed by atoms with Gasteiger partial charge in [0.2, 0.25) is 11.7 Å². The summed E-state index contributed by atoms with van der Waals surface area (Å²) >= 11 is 0. The Balaban J connectivity index is 1.87. The lowest BCUT2D eigenvalue weighted by Gasteiger charge is -2.31. The van der Waals surface area contributed by atoms with Gasteiger partial charge in [-0.2, -0.15) is 13.2 Å². The standard InChI is InChI=1S/C23H23F6N3O5/c1-22(2,3)37-20(36)12(6-11-7-14(25)15(26)9-13(11)24)8-17(33)31-4-5-32-16(10-31)18(19(34)35)30-21(32)23(27,28)29/h7,9,12H,4-6,8,10H2,1-3H3,(H,34,35)/t12-/m1/s1. The van der Waals surface area contributed by atoms with Crippen molar-refractivity contribution < 1.29 is 50.6 Å². The van der Waals surface area contributed by atoms with Gasteiger partial charge in [-0.25, -0.2) is 22.9 Å².